The molecule has 0 unspecified atom stereocenters. The molecule has 2 aromatic heterocycles. The normalized spacial score (nSPS) is 19.9. The molecule has 0 amide bonds. The van der Waals surface area contributed by atoms with Gasteiger partial charge in [-0.2, -0.15) is 0 Å². The van der Waals surface area contributed by atoms with Gasteiger partial charge in [-0.1, -0.05) is 0 Å². The Bertz CT molecular complexity index is 1030. The Morgan fingerprint density at radius 3 is 2.82 bits per heavy atom. The predicted molar refractivity (Wildman–Crippen MR) is 127 cm³/mol. The zero-order valence-electron chi connectivity index (χ0n) is 18.9. The maximum absolute atomic E-state index is 11.9. The number of ether oxygens (including phenoxy) is 1. The number of fused-ring (bicyclic) bond motifs is 1. The van der Waals surface area contributed by atoms with E-state index in [0.717, 1.165) is 11.8 Å². The van der Waals surface area contributed by atoms with Gasteiger partial charge in [-0.3, -0.25) is 0 Å². The van der Waals surface area contributed by atoms with Crippen LogP contribution in [-0.4, -0.2) is 72.3 Å². The number of nitrogens with zero attached hydrogens (tertiary/aromatic N) is 4. The first-order valence-electron chi connectivity index (χ1n) is 10.2. The third kappa shape index (κ3) is 6.35. The topological polar surface area (TPSA) is 191 Å². The van der Waals surface area contributed by atoms with E-state index in [9.17, 15) is 14.6 Å². The van der Waals surface area contributed by atoms with Crippen LogP contribution in [0.3, 0.4) is 0 Å². The van der Waals surface area contributed by atoms with E-state index in [1.165, 1.54) is 6.33 Å². The molecule has 13 nitrogen and oxygen atoms in total. The van der Waals surface area contributed by atoms with Crippen LogP contribution < -0.4 is 11.1 Å². The summed E-state index contributed by atoms with van der Waals surface area (Å²) in [5, 5.41) is 11.2. The van der Waals surface area contributed by atoms with E-state index in [0.29, 0.717) is 17.0 Å². The summed E-state index contributed by atoms with van der Waals surface area (Å²) in [5.74, 6) is 0.778. The summed E-state index contributed by atoms with van der Waals surface area (Å²) >= 11 is 1.07. The molecule has 3 rings (SSSR count). The molecule has 0 aliphatic carbocycles. The summed E-state index contributed by atoms with van der Waals surface area (Å²) in [6.45, 7) is 5.20. The molecule has 1 fully saturated rings. The van der Waals surface area contributed by atoms with E-state index in [4.69, 9.17) is 24.9 Å². The third-order valence-electron chi connectivity index (χ3n) is 4.67. The molecule has 15 heteroatoms. The van der Waals surface area contributed by atoms with Gasteiger partial charge in [0.1, 0.15) is 0 Å². The minimum atomic E-state index is -4.40. The van der Waals surface area contributed by atoms with Crippen molar-refractivity contribution >= 4 is 53.7 Å². The second-order valence-electron chi connectivity index (χ2n) is 8.44. The number of carbonyl (C=O) groups excluding carboxylic acids is 1. The van der Waals surface area contributed by atoms with Crippen molar-refractivity contribution in [3.05, 3.63) is 6.33 Å². The van der Waals surface area contributed by atoms with Gasteiger partial charge in [0.15, 0.2) is 0 Å². The van der Waals surface area contributed by atoms with Crippen molar-refractivity contribution in [2.45, 2.75) is 39.5 Å². The average molecular weight is 504 g/mol. The maximum atomic E-state index is 11.9. The number of nitrogens with one attached hydrogen (secondary N) is 2. The van der Waals surface area contributed by atoms with Gasteiger partial charge in [0.25, 0.3) is 0 Å². The number of nitrogens with two attached hydrogens (primary N) is 1. The molecular weight excluding hydrogens is 473 g/mol. The fraction of sp³-hybridized carbons (Fsp3) is 0.611. The van der Waals surface area contributed by atoms with E-state index < -0.39 is 25.9 Å². The molecule has 3 heterocycles. The molecule has 1 saturated heterocycles. The summed E-state index contributed by atoms with van der Waals surface area (Å²) in [5.41, 5.74) is 6.41. The first-order chi connectivity index (χ1) is 15.4. The molecule has 2 atom stereocenters. The quantitative estimate of drug-likeness (QED) is 0.245. The number of rotatable bonds is 9. The van der Waals surface area contributed by atoms with E-state index >= 15 is 0 Å². The Hall–Kier alpha value is -1.93. The zero-order chi connectivity index (χ0) is 24.4. The van der Waals surface area contributed by atoms with Crippen molar-refractivity contribution in [3.63, 3.8) is 0 Å². The number of hydrogen-bond acceptors (Lipinski definition) is 13. The fourth-order valence-electron chi connectivity index (χ4n) is 3.04. The monoisotopic (exact) mass is 503 g/mol. The van der Waals surface area contributed by atoms with Crippen LogP contribution in [0.15, 0.2) is 6.33 Å². The molecule has 0 aromatic carbocycles. The van der Waals surface area contributed by atoms with Gasteiger partial charge in [-0.15, -0.1) is 0 Å². The Balaban J connectivity index is 1.54. The van der Waals surface area contributed by atoms with Crippen molar-refractivity contribution in [1.82, 2.24) is 19.5 Å². The summed E-state index contributed by atoms with van der Waals surface area (Å²) in [6, 6.07) is 0. The average Bonchev–Trinajstić information content (AvgIpc) is 3.31. The number of anilines is 2. The SMILES string of the molecule is CNc1nc(N)nc2c1ncn2[C@@H]1O[C@H](CO[PH](O)(O)OCCSC(=O)C(C)(C)C)CC1=N. The van der Waals surface area contributed by atoms with Crippen LogP contribution in [0.5, 0.6) is 0 Å². The van der Waals surface area contributed by atoms with Crippen LogP contribution in [0.1, 0.15) is 33.4 Å². The number of hydrogen-bond donors (Lipinski definition) is 5. The standard InChI is InChI=1S/C18H30N7O6PS/c1-18(2,3)16(26)33-6-5-29-32(27,28)30-8-10-7-11(19)15(31-10)25-9-22-12-13(21-4)23-17(20)24-14(12)25/h9-10,15,19,27-28,32H,5-8H2,1-4H3,(H3,20,21,23,24)/t10-,15+/m0/s1. The summed E-state index contributed by atoms with van der Waals surface area (Å²) < 4.78 is 17.7. The Kier molecular flexibility index (Phi) is 7.89. The van der Waals surface area contributed by atoms with Gasteiger partial charge in [0.05, 0.1) is 0 Å². The minimum absolute atomic E-state index is 0.0139. The number of carbonyl (C=O) groups is 1. The molecule has 33 heavy (non-hydrogen) atoms. The predicted octanol–water partition coefficient (Wildman–Crippen LogP) is 1.49. The molecule has 0 bridgehead atoms. The Morgan fingerprint density at radius 1 is 1.42 bits per heavy atom. The van der Waals surface area contributed by atoms with Crippen molar-refractivity contribution in [2.24, 2.45) is 5.41 Å². The van der Waals surface area contributed by atoms with Gasteiger partial charge in [-0.05, 0) is 0 Å². The van der Waals surface area contributed by atoms with Gasteiger partial charge in [0.2, 0.25) is 0 Å². The molecule has 1 aliphatic rings. The number of nitrogen functional groups attached to an aromatic ring is 1. The van der Waals surface area contributed by atoms with Crippen molar-refractivity contribution in [2.75, 3.05) is 37.1 Å². The van der Waals surface area contributed by atoms with E-state index in [1.807, 2.05) is 20.8 Å². The van der Waals surface area contributed by atoms with E-state index in [-0.39, 0.29) is 42.2 Å². The molecule has 0 spiro atoms. The van der Waals surface area contributed by atoms with Crippen molar-refractivity contribution < 1.29 is 28.4 Å². The molecule has 1 aliphatic heterocycles. The van der Waals surface area contributed by atoms with E-state index in [1.54, 1.807) is 11.6 Å². The van der Waals surface area contributed by atoms with Crippen LogP contribution in [0, 0.1) is 10.8 Å². The molecule has 184 valence electrons. The molecule has 2 aromatic rings. The fourth-order valence-corrected chi connectivity index (χ4v) is 4.83. The molecule has 6 N–H and O–H groups in total. The Labute approximate surface area is 195 Å². The number of aromatic nitrogens is 4. The van der Waals surface area contributed by atoms with Crippen LogP contribution in [0.25, 0.3) is 11.2 Å². The van der Waals surface area contributed by atoms with Crippen molar-refractivity contribution in [1.29, 1.82) is 5.41 Å². The van der Waals surface area contributed by atoms with Gasteiger partial charge in [-0.25, -0.2) is 0 Å². The van der Waals surface area contributed by atoms with Gasteiger partial charge < -0.3 is 0 Å². The number of thioether (sulfide) groups is 1. The summed E-state index contributed by atoms with van der Waals surface area (Å²) in [6.07, 6.45) is 0.301. The Morgan fingerprint density at radius 2 is 2.15 bits per heavy atom. The first kappa shape index (κ1) is 25.7. The van der Waals surface area contributed by atoms with E-state index in [2.05, 4.69) is 20.3 Å². The second-order valence-corrected chi connectivity index (χ2v) is 11.2. The second kappa shape index (κ2) is 10.1. The van der Waals surface area contributed by atoms with Crippen LogP contribution in [0.2, 0.25) is 0 Å². The summed E-state index contributed by atoms with van der Waals surface area (Å²) in [4.78, 5) is 44.5. The van der Waals surface area contributed by atoms with Crippen LogP contribution in [0.4, 0.5) is 11.8 Å². The van der Waals surface area contributed by atoms with Gasteiger partial charge in [0, 0.05) is 0 Å². The van der Waals surface area contributed by atoms with Crippen LogP contribution >= 0.6 is 19.9 Å². The summed E-state index contributed by atoms with van der Waals surface area (Å²) in [7, 11) is -2.72. The zero-order valence-corrected chi connectivity index (χ0v) is 20.7. The van der Waals surface area contributed by atoms with Crippen molar-refractivity contribution in [3.8, 4) is 0 Å². The third-order valence-corrected chi connectivity index (χ3v) is 7.04. The first-order valence-corrected chi connectivity index (χ1v) is 12.9. The number of imidazole rings is 1. The molecule has 0 radical (unpaired) electrons. The molecular formula is C18H30N7O6PS. The molecule has 0 saturated carbocycles. The van der Waals surface area contributed by atoms with Gasteiger partial charge >= 0.3 is 195 Å². The van der Waals surface area contributed by atoms with Crippen LogP contribution in [-0.2, 0) is 18.6 Å².